The molecule has 4 nitrogen and oxygen atoms in total. The van der Waals surface area contributed by atoms with Gasteiger partial charge in [0.05, 0.1) is 11.2 Å². The van der Waals surface area contributed by atoms with Gasteiger partial charge in [0.25, 0.3) is 5.91 Å². The number of nitrogens with zero attached hydrogens (tertiary/aromatic N) is 2. The van der Waals surface area contributed by atoms with Gasteiger partial charge >= 0.3 is 0 Å². The van der Waals surface area contributed by atoms with E-state index in [0.717, 1.165) is 22.4 Å². The minimum atomic E-state index is -0.306. The SMILES string of the molecule is CC(C)c1ccc(-c2cc(C(=O)NC(C)(C)C)cc(-c3ccnn3C(C)(C)C)c2)cc1. The van der Waals surface area contributed by atoms with Crippen LogP contribution in [0.2, 0.25) is 0 Å². The van der Waals surface area contributed by atoms with E-state index in [2.05, 4.69) is 75.4 Å². The Morgan fingerprint density at radius 3 is 2.03 bits per heavy atom. The molecule has 0 aliphatic heterocycles. The van der Waals surface area contributed by atoms with Crippen LogP contribution in [0.4, 0.5) is 0 Å². The lowest BCUT2D eigenvalue weighted by Gasteiger charge is -2.24. The number of hydrogen-bond acceptors (Lipinski definition) is 2. The zero-order valence-electron chi connectivity index (χ0n) is 20.1. The molecule has 4 heteroatoms. The summed E-state index contributed by atoms with van der Waals surface area (Å²) in [4.78, 5) is 13.1. The third kappa shape index (κ3) is 5.43. The lowest BCUT2D eigenvalue weighted by atomic mass is 9.95. The number of benzene rings is 2. The molecule has 0 unspecified atom stereocenters. The summed E-state index contributed by atoms with van der Waals surface area (Å²) in [6.07, 6.45) is 1.82. The van der Waals surface area contributed by atoms with Crippen molar-refractivity contribution >= 4 is 5.91 Å². The molecule has 1 heterocycles. The van der Waals surface area contributed by atoms with Crippen LogP contribution in [-0.2, 0) is 5.54 Å². The van der Waals surface area contributed by atoms with E-state index < -0.39 is 0 Å². The molecule has 1 amide bonds. The van der Waals surface area contributed by atoms with Crippen molar-refractivity contribution in [2.45, 2.75) is 72.4 Å². The molecule has 0 saturated heterocycles. The van der Waals surface area contributed by atoms with Crippen LogP contribution in [0.3, 0.4) is 0 Å². The van der Waals surface area contributed by atoms with E-state index in [9.17, 15) is 4.79 Å². The highest BCUT2D eigenvalue weighted by molar-refractivity contribution is 5.97. The van der Waals surface area contributed by atoms with E-state index in [4.69, 9.17) is 0 Å². The third-order valence-corrected chi connectivity index (χ3v) is 5.17. The Bertz CT molecular complexity index is 1060. The predicted octanol–water partition coefficient (Wildman–Crippen LogP) is 6.62. The molecule has 0 aliphatic carbocycles. The predicted molar refractivity (Wildman–Crippen MR) is 129 cm³/mol. The Labute approximate surface area is 186 Å². The molecule has 0 bridgehead atoms. The van der Waals surface area contributed by atoms with Crippen molar-refractivity contribution in [2.24, 2.45) is 0 Å². The monoisotopic (exact) mass is 417 g/mol. The van der Waals surface area contributed by atoms with E-state index in [1.807, 2.05) is 49.8 Å². The quantitative estimate of drug-likeness (QED) is 0.518. The number of rotatable bonds is 4. The molecule has 1 N–H and O–H groups in total. The highest BCUT2D eigenvalue weighted by Crippen LogP contribution is 2.31. The second-order valence-electron chi connectivity index (χ2n) is 10.6. The first-order valence-corrected chi connectivity index (χ1v) is 11.0. The van der Waals surface area contributed by atoms with Gasteiger partial charge in [0, 0.05) is 22.9 Å². The van der Waals surface area contributed by atoms with Crippen molar-refractivity contribution in [3.05, 3.63) is 65.9 Å². The second-order valence-corrected chi connectivity index (χ2v) is 10.6. The van der Waals surface area contributed by atoms with Crippen molar-refractivity contribution in [3.8, 4) is 22.4 Å². The van der Waals surface area contributed by atoms with Crippen molar-refractivity contribution in [1.82, 2.24) is 15.1 Å². The first-order chi connectivity index (χ1) is 14.3. The van der Waals surface area contributed by atoms with Gasteiger partial charge in [0.2, 0.25) is 0 Å². The molecule has 3 aromatic rings. The summed E-state index contributed by atoms with van der Waals surface area (Å²) in [7, 11) is 0. The summed E-state index contributed by atoms with van der Waals surface area (Å²) in [5.41, 5.74) is 5.58. The minimum absolute atomic E-state index is 0.0729. The van der Waals surface area contributed by atoms with Crippen LogP contribution in [0.5, 0.6) is 0 Å². The fourth-order valence-corrected chi connectivity index (χ4v) is 3.60. The number of carbonyl (C=O) groups is 1. The van der Waals surface area contributed by atoms with E-state index in [1.54, 1.807) is 0 Å². The van der Waals surface area contributed by atoms with Crippen molar-refractivity contribution < 1.29 is 4.79 Å². The van der Waals surface area contributed by atoms with Crippen LogP contribution in [0.15, 0.2) is 54.7 Å². The fourth-order valence-electron chi connectivity index (χ4n) is 3.60. The van der Waals surface area contributed by atoms with Crippen LogP contribution in [0.1, 0.15) is 77.2 Å². The molecule has 3 rings (SSSR count). The Kier molecular flexibility index (Phi) is 6.13. The molecule has 2 aromatic carbocycles. The number of aromatic nitrogens is 2. The van der Waals surface area contributed by atoms with Gasteiger partial charge in [-0.3, -0.25) is 9.48 Å². The first-order valence-electron chi connectivity index (χ1n) is 11.0. The van der Waals surface area contributed by atoms with E-state index in [-0.39, 0.29) is 17.0 Å². The number of nitrogens with one attached hydrogen (secondary N) is 1. The Morgan fingerprint density at radius 1 is 0.871 bits per heavy atom. The second kappa shape index (κ2) is 8.33. The van der Waals surface area contributed by atoms with E-state index >= 15 is 0 Å². The third-order valence-electron chi connectivity index (χ3n) is 5.17. The Morgan fingerprint density at radius 2 is 1.48 bits per heavy atom. The van der Waals surface area contributed by atoms with Gasteiger partial charge in [-0.15, -0.1) is 0 Å². The maximum atomic E-state index is 13.1. The molecular formula is C27H35N3O. The van der Waals surface area contributed by atoms with E-state index in [0.29, 0.717) is 11.5 Å². The lowest BCUT2D eigenvalue weighted by molar-refractivity contribution is 0.0919. The van der Waals surface area contributed by atoms with Gasteiger partial charge in [-0.05, 0) is 88.4 Å². The molecule has 0 aliphatic rings. The minimum Gasteiger partial charge on any atom is -0.347 e. The molecule has 31 heavy (non-hydrogen) atoms. The lowest BCUT2D eigenvalue weighted by Crippen LogP contribution is -2.40. The van der Waals surface area contributed by atoms with Crippen molar-refractivity contribution in [3.63, 3.8) is 0 Å². The largest absolute Gasteiger partial charge is 0.347 e. The summed E-state index contributed by atoms with van der Waals surface area (Å²) in [5, 5.41) is 7.64. The average molecular weight is 418 g/mol. The zero-order valence-corrected chi connectivity index (χ0v) is 20.1. The summed E-state index contributed by atoms with van der Waals surface area (Å²) < 4.78 is 2.01. The molecule has 0 spiro atoms. The Balaban J connectivity index is 2.15. The van der Waals surface area contributed by atoms with Crippen molar-refractivity contribution in [1.29, 1.82) is 0 Å². The average Bonchev–Trinajstić information content (AvgIpc) is 3.17. The summed E-state index contributed by atoms with van der Waals surface area (Å²) in [6, 6.07) is 16.7. The number of amides is 1. The zero-order chi connectivity index (χ0) is 23.0. The maximum absolute atomic E-state index is 13.1. The number of carbonyl (C=O) groups excluding carboxylic acids is 1. The molecular weight excluding hydrogens is 382 g/mol. The highest BCUT2D eigenvalue weighted by Gasteiger charge is 2.21. The summed E-state index contributed by atoms with van der Waals surface area (Å²) in [5.74, 6) is 0.408. The molecule has 0 fully saturated rings. The van der Waals surface area contributed by atoms with Gasteiger partial charge in [-0.25, -0.2) is 0 Å². The molecule has 164 valence electrons. The van der Waals surface area contributed by atoms with Crippen LogP contribution in [0.25, 0.3) is 22.4 Å². The van der Waals surface area contributed by atoms with Crippen LogP contribution >= 0.6 is 0 Å². The van der Waals surface area contributed by atoms with Crippen LogP contribution < -0.4 is 5.32 Å². The van der Waals surface area contributed by atoms with Gasteiger partial charge < -0.3 is 5.32 Å². The summed E-state index contributed by atoms with van der Waals surface area (Å²) in [6.45, 7) is 16.8. The van der Waals surface area contributed by atoms with E-state index in [1.165, 1.54) is 5.56 Å². The van der Waals surface area contributed by atoms with Crippen LogP contribution in [-0.4, -0.2) is 21.2 Å². The first kappa shape index (κ1) is 22.8. The smallest absolute Gasteiger partial charge is 0.251 e. The molecule has 1 aromatic heterocycles. The molecule has 0 atom stereocenters. The Hall–Kier alpha value is -2.88. The fraction of sp³-hybridized carbons (Fsp3) is 0.407. The summed E-state index contributed by atoms with van der Waals surface area (Å²) >= 11 is 0. The van der Waals surface area contributed by atoms with Gasteiger partial charge in [0.1, 0.15) is 0 Å². The standard InChI is InChI=1S/C27H35N3O/c1-18(2)19-9-11-20(12-10-19)21-15-22(24-13-14-28-30(24)27(6,7)8)17-23(16-21)25(31)29-26(3,4)5/h9-18H,1-8H3,(H,29,31). The van der Waals surface area contributed by atoms with Crippen LogP contribution in [0, 0.1) is 0 Å². The molecule has 0 saturated carbocycles. The van der Waals surface area contributed by atoms with Gasteiger partial charge in [0.15, 0.2) is 0 Å². The highest BCUT2D eigenvalue weighted by atomic mass is 16.1. The van der Waals surface area contributed by atoms with Crippen molar-refractivity contribution in [2.75, 3.05) is 0 Å². The molecule has 0 radical (unpaired) electrons. The van der Waals surface area contributed by atoms with Gasteiger partial charge in [-0.2, -0.15) is 5.10 Å². The van der Waals surface area contributed by atoms with Gasteiger partial charge in [-0.1, -0.05) is 38.1 Å². The number of hydrogen-bond donors (Lipinski definition) is 1. The maximum Gasteiger partial charge on any atom is 0.251 e. The topological polar surface area (TPSA) is 46.9 Å². The normalized spacial score (nSPS) is 12.3.